The van der Waals surface area contributed by atoms with E-state index in [1.165, 1.54) is 32.2 Å². The molecule has 1 unspecified atom stereocenters. The molecule has 0 spiro atoms. The Bertz CT molecular complexity index is 120. The second-order valence-electron chi connectivity index (χ2n) is 4.67. The molecule has 1 atom stereocenters. The molecular formula is C10H22N2. The number of piperidine rings is 1. The van der Waals surface area contributed by atoms with Crippen LogP contribution in [0.5, 0.6) is 0 Å². The molecule has 12 heavy (non-hydrogen) atoms. The standard InChI is InChI=1S/C10H22N2/c1-10(2,11)7-6-9-5-3-4-8-12-9/h9,12H,3-8,11H2,1-2H3. The van der Waals surface area contributed by atoms with Crippen LogP contribution in [0.3, 0.4) is 0 Å². The lowest BCUT2D eigenvalue weighted by Crippen LogP contribution is -2.38. The van der Waals surface area contributed by atoms with E-state index in [1.807, 2.05) is 0 Å². The summed E-state index contributed by atoms with van der Waals surface area (Å²) in [5.41, 5.74) is 5.94. The average Bonchev–Trinajstić information content (AvgIpc) is 2.02. The Labute approximate surface area is 75.9 Å². The SMILES string of the molecule is CC(C)(N)CCC1CCCCN1. The molecule has 1 rings (SSSR count). The molecule has 0 aromatic heterocycles. The van der Waals surface area contributed by atoms with Gasteiger partial charge in [-0.15, -0.1) is 0 Å². The third-order valence-electron chi connectivity index (χ3n) is 2.55. The Morgan fingerprint density at radius 3 is 2.67 bits per heavy atom. The Morgan fingerprint density at radius 1 is 1.42 bits per heavy atom. The van der Waals surface area contributed by atoms with E-state index in [9.17, 15) is 0 Å². The maximum Gasteiger partial charge on any atom is 0.00976 e. The zero-order valence-electron chi connectivity index (χ0n) is 8.40. The normalized spacial score (nSPS) is 25.8. The van der Waals surface area contributed by atoms with Crippen molar-refractivity contribution in [2.45, 2.75) is 57.5 Å². The maximum atomic E-state index is 5.92. The fourth-order valence-corrected chi connectivity index (χ4v) is 1.72. The summed E-state index contributed by atoms with van der Waals surface area (Å²) < 4.78 is 0. The second-order valence-corrected chi connectivity index (χ2v) is 4.67. The number of nitrogens with one attached hydrogen (secondary N) is 1. The van der Waals surface area contributed by atoms with Crippen LogP contribution >= 0.6 is 0 Å². The Kier molecular flexibility index (Phi) is 3.53. The van der Waals surface area contributed by atoms with Gasteiger partial charge in [-0.25, -0.2) is 0 Å². The van der Waals surface area contributed by atoms with Crippen LogP contribution in [-0.2, 0) is 0 Å². The highest BCUT2D eigenvalue weighted by Gasteiger charge is 2.16. The third-order valence-corrected chi connectivity index (χ3v) is 2.55. The summed E-state index contributed by atoms with van der Waals surface area (Å²) in [7, 11) is 0. The van der Waals surface area contributed by atoms with Gasteiger partial charge in [0.1, 0.15) is 0 Å². The van der Waals surface area contributed by atoms with Gasteiger partial charge in [0, 0.05) is 11.6 Å². The topological polar surface area (TPSA) is 38.0 Å². The highest BCUT2D eigenvalue weighted by Crippen LogP contribution is 2.15. The largest absolute Gasteiger partial charge is 0.326 e. The van der Waals surface area contributed by atoms with Crippen molar-refractivity contribution < 1.29 is 0 Å². The van der Waals surface area contributed by atoms with Crippen molar-refractivity contribution in [2.24, 2.45) is 5.73 Å². The first-order valence-corrected chi connectivity index (χ1v) is 5.10. The quantitative estimate of drug-likeness (QED) is 0.676. The Balaban J connectivity index is 2.13. The molecule has 1 saturated heterocycles. The van der Waals surface area contributed by atoms with Gasteiger partial charge >= 0.3 is 0 Å². The van der Waals surface area contributed by atoms with Crippen molar-refractivity contribution >= 4 is 0 Å². The molecule has 72 valence electrons. The highest BCUT2D eigenvalue weighted by atomic mass is 14.9. The summed E-state index contributed by atoms with van der Waals surface area (Å²) in [6, 6.07) is 0.738. The molecule has 1 aliphatic rings. The first kappa shape index (κ1) is 10.0. The molecule has 0 aromatic rings. The maximum absolute atomic E-state index is 5.92. The molecule has 2 nitrogen and oxygen atoms in total. The van der Waals surface area contributed by atoms with Gasteiger partial charge in [0.2, 0.25) is 0 Å². The average molecular weight is 170 g/mol. The first-order valence-electron chi connectivity index (χ1n) is 5.10. The monoisotopic (exact) mass is 170 g/mol. The summed E-state index contributed by atoms with van der Waals surface area (Å²) in [6.45, 7) is 5.42. The fourth-order valence-electron chi connectivity index (χ4n) is 1.72. The van der Waals surface area contributed by atoms with Crippen molar-refractivity contribution in [3.05, 3.63) is 0 Å². The van der Waals surface area contributed by atoms with Gasteiger partial charge in [-0.3, -0.25) is 0 Å². The van der Waals surface area contributed by atoms with E-state index < -0.39 is 0 Å². The molecule has 0 saturated carbocycles. The van der Waals surface area contributed by atoms with E-state index >= 15 is 0 Å². The van der Waals surface area contributed by atoms with Gasteiger partial charge in [-0.2, -0.15) is 0 Å². The van der Waals surface area contributed by atoms with Crippen molar-refractivity contribution in [1.29, 1.82) is 0 Å². The fraction of sp³-hybridized carbons (Fsp3) is 1.00. The third kappa shape index (κ3) is 4.07. The minimum Gasteiger partial charge on any atom is -0.326 e. The van der Waals surface area contributed by atoms with Gasteiger partial charge in [0.15, 0.2) is 0 Å². The van der Waals surface area contributed by atoms with Gasteiger partial charge < -0.3 is 11.1 Å². The van der Waals surface area contributed by atoms with E-state index in [-0.39, 0.29) is 5.54 Å². The van der Waals surface area contributed by atoms with Crippen LogP contribution in [0.15, 0.2) is 0 Å². The second kappa shape index (κ2) is 4.24. The van der Waals surface area contributed by atoms with Crippen LogP contribution in [-0.4, -0.2) is 18.1 Å². The van der Waals surface area contributed by atoms with E-state index in [2.05, 4.69) is 19.2 Å². The lowest BCUT2D eigenvalue weighted by atomic mass is 9.93. The lowest BCUT2D eigenvalue weighted by Gasteiger charge is -2.26. The molecule has 0 amide bonds. The van der Waals surface area contributed by atoms with Crippen molar-refractivity contribution in [2.75, 3.05) is 6.54 Å². The number of nitrogens with two attached hydrogens (primary N) is 1. The van der Waals surface area contributed by atoms with Crippen LogP contribution in [0.4, 0.5) is 0 Å². The van der Waals surface area contributed by atoms with E-state index in [0.29, 0.717) is 0 Å². The summed E-state index contributed by atoms with van der Waals surface area (Å²) in [6.07, 6.45) is 6.45. The van der Waals surface area contributed by atoms with Gasteiger partial charge in [-0.1, -0.05) is 6.42 Å². The molecule has 0 bridgehead atoms. The van der Waals surface area contributed by atoms with E-state index in [0.717, 1.165) is 12.5 Å². The van der Waals surface area contributed by atoms with Crippen LogP contribution in [0.1, 0.15) is 46.0 Å². The van der Waals surface area contributed by atoms with Gasteiger partial charge in [0.05, 0.1) is 0 Å². The smallest absolute Gasteiger partial charge is 0.00976 e. The Morgan fingerprint density at radius 2 is 2.17 bits per heavy atom. The molecular weight excluding hydrogens is 148 g/mol. The van der Waals surface area contributed by atoms with Crippen LogP contribution in [0, 0.1) is 0 Å². The van der Waals surface area contributed by atoms with Crippen LogP contribution in [0.25, 0.3) is 0 Å². The number of hydrogen-bond donors (Lipinski definition) is 2. The van der Waals surface area contributed by atoms with E-state index in [4.69, 9.17) is 5.73 Å². The summed E-state index contributed by atoms with van der Waals surface area (Å²) in [5.74, 6) is 0. The molecule has 1 fully saturated rings. The van der Waals surface area contributed by atoms with Crippen molar-refractivity contribution in [3.63, 3.8) is 0 Å². The molecule has 1 aliphatic heterocycles. The lowest BCUT2D eigenvalue weighted by molar-refractivity contribution is 0.341. The molecule has 0 radical (unpaired) electrons. The minimum absolute atomic E-state index is 0.0130. The first-order chi connectivity index (χ1) is 5.58. The van der Waals surface area contributed by atoms with Crippen LogP contribution < -0.4 is 11.1 Å². The summed E-state index contributed by atoms with van der Waals surface area (Å²) in [5, 5.41) is 3.54. The molecule has 1 heterocycles. The minimum atomic E-state index is 0.0130. The van der Waals surface area contributed by atoms with Gasteiger partial charge in [-0.05, 0) is 46.1 Å². The zero-order chi connectivity index (χ0) is 9.03. The van der Waals surface area contributed by atoms with Crippen molar-refractivity contribution in [3.8, 4) is 0 Å². The molecule has 0 aromatic carbocycles. The molecule has 0 aliphatic carbocycles. The Hall–Kier alpha value is -0.0800. The van der Waals surface area contributed by atoms with Crippen LogP contribution in [0.2, 0.25) is 0 Å². The predicted molar refractivity (Wildman–Crippen MR) is 53.1 cm³/mol. The van der Waals surface area contributed by atoms with Gasteiger partial charge in [0.25, 0.3) is 0 Å². The summed E-state index contributed by atoms with van der Waals surface area (Å²) >= 11 is 0. The highest BCUT2D eigenvalue weighted by molar-refractivity contribution is 4.78. The zero-order valence-corrected chi connectivity index (χ0v) is 8.40. The predicted octanol–water partition coefficient (Wildman–Crippen LogP) is 1.65. The van der Waals surface area contributed by atoms with E-state index in [1.54, 1.807) is 0 Å². The molecule has 2 heteroatoms. The molecule has 3 N–H and O–H groups in total. The summed E-state index contributed by atoms with van der Waals surface area (Å²) in [4.78, 5) is 0. The van der Waals surface area contributed by atoms with Crippen molar-refractivity contribution in [1.82, 2.24) is 5.32 Å². The number of rotatable bonds is 3. The number of hydrogen-bond acceptors (Lipinski definition) is 2.